The van der Waals surface area contributed by atoms with Crippen LogP contribution in [0.5, 0.6) is 0 Å². The molecule has 0 amide bonds. The normalized spacial score (nSPS) is 13.3. The summed E-state index contributed by atoms with van der Waals surface area (Å²) in [5, 5.41) is 14.7. The highest BCUT2D eigenvalue weighted by molar-refractivity contribution is 5.82. The van der Waals surface area contributed by atoms with Crippen LogP contribution < -0.4 is 5.32 Å². The van der Waals surface area contributed by atoms with Gasteiger partial charge >= 0.3 is 0 Å². The molecule has 3 heteroatoms. The number of aliphatic hydroxyl groups is 1. The summed E-state index contributed by atoms with van der Waals surface area (Å²) in [6, 6.07) is 18.9. The lowest BCUT2D eigenvalue weighted by Crippen LogP contribution is -2.34. The lowest BCUT2D eigenvalue weighted by Gasteiger charge is -2.33. The van der Waals surface area contributed by atoms with Gasteiger partial charge in [0.15, 0.2) is 0 Å². The average molecular weight is 322 g/mol. The van der Waals surface area contributed by atoms with E-state index in [0.29, 0.717) is 0 Å². The van der Waals surface area contributed by atoms with Crippen molar-refractivity contribution in [1.82, 2.24) is 10.3 Å². The Hall–Kier alpha value is -2.10. The van der Waals surface area contributed by atoms with Gasteiger partial charge in [0.1, 0.15) is 0 Å². The molecule has 0 saturated carbocycles. The summed E-state index contributed by atoms with van der Waals surface area (Å²) in [5.41, 5.74) is 3.56. The number of rotatable bonds is 7. The van der Waals surface area contributed by atoms with Gasteiger partial charge in [-0.3, -0.25) is 0 Å². The molecular formula is C21H26N2O. The summed E-state index contributed by atoms with van der Waals surface area (Å²) in [4.78, 5) is 3.26. The van der Waals surface area contributed by atoms with Crippen LogP contribution in [0.1, 0.15) is 30.9 Å². The Balaban J connectivity index is 1.73. The quantitative estimate of drug-likeness (QED) is 0.614. The molecule has 0 aliphatic heterocycles. The standard InChI is InChI=1S/C21H26N2O/c1-21(2,15-24)19(16-7-4-3-5-8-16)14-22-13-17-9-6-10-20-18(17)11-12-23-20/h3-12,19,22-24H,13-15H2,1-2H3. The van der Waals surface area contributed by atoms with Gasteiger partial charge in [0.05, 0.1) is 0 Å². The zero-order chi connectivity index (χ0) is 17.0. The van der Waals surface area contributed by atoms with E-state index in [9.17, 15) is 5.11 Å². The van der Waals surface area contributed by atoms with Gasteiger partial charge in [0.25, 0.3) is 0 Å². The van der Waals surface area contributed by atoms with E-state index in [1.54, 1.807) is 0 Å². The molecule has 126 valence electrons. The van der Waals surface area contributed by atoms with Gasteiger partial charge in [-0.1, -0.05) is 56.3 Å². The van der Waals surface area contributed by atoms with Crippen molar-refractivity contribution in [3.05, 3.63) is 71.9 Å². The number of aromatic nitrogens is 1. The Bertz CT molecular complexity index is 777. The maximum absolute atomic E-state index is 9.82. The van der Waals surface area contributed by atoms with E-state index in [1.165, 1.54) is 22.0 Å². The summed E-state index contributed by atoms with van der Waals surface area (Å²) in [6.45, 7) is 6.07. The van der Waals surface area contributed by atoms with Crippen molar-refractivity contribution in [1.29, 1.82) is 0 Å². The van der Waals surface area contributed by atoms with Crippen LogP contribution in [0.4, 0.5) is 0 Å². The molecule has 24 heavy (non-hydrogen) atoms. The minimum Gasteiger partial charge on any atom is -0.396 e. The lowest BCUT2D eigenvalue weighted by atomic mass is 9.75. The summed E-state index contributed by atoms with van der Waals surface area (Å²) in [5.74, 6) is 0.258. The number of benzene rings is 2. The Morgan fingerprint density at radius 2 is 1.83 bits per heavy atom. The number of nitrogens with one attached hydrogen (secondary N) is 2. The Morgan fingerprint density at radius 3 is 2.58 bits per heavy atom. The summed E-state index contributed by atoms with van der Waals surface area (Å²) >= 11 is 0. The van der Waals surface area contributed by atoms with E-state index in [0.717, 1.165) is 13.1 Å². The first-order valence-electron chi connectivity index (χ1n) is 8.53. The van der Waals surface area contributed by atoms with Crippen LogP contribution in [0.15, 0.2) is 60.8 Å². The Labute approximate surface area is 143 Å². The molecule has 1 unspecified atom stereocenters. The highest BCUT2D eigenvalue weighted by atomic mass is 16.3. The van der Waals surface area contributed by atoms with Crippen molar-refractivity contribution in [2.45, 2.75) is 26.3 Å². The molecule has 0 fully saturated rings. The largest absolute Gasteiger partial charge is 0.396 e. The van der Waals surface area contributed by atoms with Gasteiger partial charge in [-0.15, -0.1) is 0 Å². The van der Waals surface area contributed by atoms with E-state index in [1.807, 2.05) is 12.3 Å². The third-order valence-electron chi connectivity index (χ3n) is 4.90. The van der Waals surface area contributed by atoms with Gasteiger partial charge in [-0.05, 0) is 28.7 Å². The second kappa shape index (κ2) is 7.20. The van der Waals surface area contributed by atoms with Crippen molar-refractivity contribution in [3.8, 4) is 0 Å². The average Bonchev–Trinajstić information content (AvgIpc) is 3.08. The van der Waals surface area contributed by atoms with Gasteiger partial charge < -0.3 is 15.4 Å². The number of aromatic amines is 1. The van der Waals surface area contributed by atoms with Crippen LogP contribution in [0.2, 0.25) is 0 Å². The summed E-state index contributed by atoms with van der Waals surface area (Å²) in [7, 11) is 0. The second-order valence-corrected chi connectivity index (χ2v) is 7.10. The van der Waals surface area contributed by atoms with Crippen LogP contribution in [0, 0.1) is 5.41 Å². The zero-order valence-corrected chi connectivity index (χ0v) is 14.4. The fourth-order valence-corrected chi connectivity index (χ4v) is 3.30. The van der Waals surface area contributed by atoms with Gasteiger partial charge in [0, 0.05) is 42.7 Å². The van der Waals surface area contributed by atoms with Crippen LogP contribution >= 0.6 is 0 Å². The first-order valence-corrected chi connectivity index (χ1v) is 8.53. The maximum Gasteiger partial charge on any atom is 0.0488 e. The van der Waals surface area contributed by atoms with Gasteiger partial charge in [-0.25, -0.2) is 0 Å². The first-order chi connectivity index (χ1) is 11.6. The van der Waals surface area contributed by atoms with Crippen molar-refractivity contribution in [2.75, 3.05) is 13.2 Å². The van der Waals surface area contributed by atoms with Gasteiger partial charge in [0.2, 0.25) is 0 Å². The molecule has 0 bridgehead atoms. The number of fused-ring (bicyclic) bond motifs is 1. The topological polar surface area (TPSA) is 48.0 Å². The SMILES string of the molecule is CC(C)(CO)C(CNCc1cccc2[nH]ccc12)c1ccccc1. The molecule has 3 N–H and O–H groups in total. The lowest BCUT2D eigenvalue weighted by molar-refractivity contribution is 0.129. The minimum atomic E-state index is -0.172. The fourth-order valence-electron chi connectivity index (χ4n) is 3.30. The van der Waals surface area contributed by atoms with E-state index < -0.39 is 0 Å². The van der Waals surface area contributed by atoms with E-state index >= 15 is 0 Å². The predicted octanol–water partition coefficient (Wildman–Crippen LogP) is 4.06. The highest BCUT2D eigenvalue weighted by Crippen LogP contribution is 2.34. The molecule has 1 heterocycles. The van der Waals surface area contributed by atoms with Crippen LogP contribution in [-0.2, 0) is 6.54 Å². The van der Waals surface area contributed by atoms with Crippen molar-refractivity contribution < 1.29 is 5.11 Å². The molecule has 3 rings (SSSR count). The second-order valence-electron chi connectivity index (χ2n) is 7.10. The third-order valence-corrected chi connectivity index (χ3v) is 4.90. The highest BCUT2D eigenvalue weighted by Gasteiger charge is 2.29. The summed E-state index contributed by atoms with van der Waals surface area (Å²) in [6.07, 6.45) is 1.98. The molecular weight excluding hydrogens is 296 g/mol. The molecule has 1 aromatic heterocycles. The smallest absolute Gasteiger partial charge is 0.0488 e. The van der Waals surface area contributed by atoms with Crippen LogP contribution in [0.25, 0.3) is 10.9 Å². The molecule has 0 saturated heterocycles. The zero-order valence-electron chi connectivity index (χ0n) is 14.4. The van der Waals surface area contributed by atoms with E-state index in [4.69, 9.17) is 0 Å². The minimum absolute atomic E-state index is 0.168. The van der Waals surface area contributed by atoms with Crippen LogP contribution in [0.3, 0.4) is 0 Å². The van der Waals surface area contributed by atoms with Crippen LogP contribution in [-0.4, -0.2) is 23.2 Å². The molecule has 0 aliphatic rings. The third kappa shape index (κ3) is 3.53. The molecule has 1 atom stereocenters. The van der Waals surface area contributed by atoms with Crippen molar-refractivity contribution >= 4 is 10.9 Å². The summed E-state index contributed by atoms with van der Waals surface area (Å²) < 4.78 is 0. The number of H-pyrrole nitrogens is 1. The Morgan fingerprint density at radius 1 is 1.04 bits per heavy atom. The maximum atomic E-state index is 9.82. The first kappa shape index (κ1) is 16.7. The molecule has 0 aliphatic carbocycles. The fraction of sp³-hybridized carbons (Fsp3) is 0.333. The molecule has 0 spiro atoms. The molecule has 0 radical (unpaired) electrons. The molecule has 3 nitrogen and oxygen atoms in total. The Kier molecular flexibility index (Phi) is 5.03. The number of hydrogen-bond acceptors (Lipinski definition) is 2. The monoisotopic (exact) mass is 322 g/mol. The van der Waals surface area contributed by atoms with Crippen molar-refractivity contribution in [2.24, 2.45) is 5.41 Å². The van der Waals surface area contributed by atoms with Crippen molar-refractivity contribution in [3.63, 3.8) is 0 Å². The number of hydrogen-bond donors (Lipinski definition) is 3. The van der Waals surface area contributed by atoms with Gasteiger partial charge in [-0.2, -0.15) is 0 Å². The van der Waals surface area contributed by atoms with E-state index in [-0.39, 0.29) is 17.9 Å². The predicted molar refractivity (Wildman–Crippen MR) is 100 cm³/mol. The molecule has 3 aromatic rings. The molecule has 2 aromatic carbocycles. The van der Waals surface area contributed by atoms with E-state index in [2.05, 4.69) is 72.7 Å². The number of aliphatic hydroxyl groups excluding tert-OH is 1.